The number of unbranched alkanes of at least 4 members (excludes halogenated alkanes) is 2. The molecule has 0 aliphatic rings. The summed E-state index contributed by atoms with van der Waals surface area (Å²) in [4.78, 5) is 23.0. The van der Waals surface area contributed by atoms with Gasteiger partial charge in [-0.2, -0.15) is 0 Å². The molecule has 0 radical (unpaired) electrons. The Hall–Kier alpha value is -1.06. The maximum atomic E-state index is 11.6. The van der Waals surface area contributed by atoms with Crippen molar-refractivity contribution in [1.29, 1.82) is 0 Å². The number of carbonyl (C=O) groups excluding carboxylic acids is 2. The Morgan fingerprint density at radius 1 is 1.00 bits per heavy atom. The molecule has 100 valence electrons. The second-order valence-electron chi connectivity index (χ2n) is 4.29. The van der Waals surface area contributed by atoms with E-state index in [-0.39, 0.29) is 24.3 Å². The van der Waals surface area contributed by atoms with Gasteiger partial charge in [-0.05, 0) is 19.3 Å². The number of amides is 2. The monoisotopic (exact) mass is 242 g/mol. The Balaban J connectivity index is 3.65. The van der Waals surface area contributed by atoms with Crippen molar-refractivity contribution in [3.63, 3.8) is 0 Å². The molecule has 0 heterocycles. The molecule has 2 amide bonds. The van der Waals surface area contributed by atoms with E-state index in [1.807, 2.05) is 13.8 Å². The van der Waals surface area contributed by atoms with E-state index in [2.05, 4.69) is 17.6 Å². The van der Waals surface area contributed by atoms with Gasteiger partial charge < -0.3 is 10.6 Å². The van der Waals surface area contributed by atoms with Crippen molar-refractivity contribution in [2.24, 2.45) is 5.92 Å². The molecule has 17 heavy (non-hydrogen) atoms. The zero-order valence-electron chi connectivity index (χ0n) is 11.3. The van der Waals surface area contributed by atoms with Crippen LogP contribution in [0.2, 0.25) is 0 Å². The van der Waals surface area contributed by atoms with E-state index in [0.717, 1.165) is 32.1 Å². The van der Waals surface area contributed by atoms with Gasteiger partial charge in [0.05, 0.1) is 6.54 Å². The third-order valence-electron chi connectivity index (χ3n) is 2.88. The van der Waals surface area contributed by atoms with Gasteiger partial charge in [-0.1, -0.05) is 33.6 Å². The van der Waals surface area contributed by atoms with Crippen LogP contribution in [0.25, 0.3) is 0 Å². The van der Waals surface area contributed by atoms with Crippen molar-refractivity contribution < 1.29 is 9.59 Å². The summed E-state index contributed by atoms with van der Waals surface area (Å²) < 4.78 is 0. The van der Waals surface area contributed by atoms with Gasteiger partial charge in [-0.25, -0.2) is 0 Å². The van der Waals surface area contributed by atoms with Gasteiger partial charge in [-0.3, -0.25) is 9.59 Å². The van der Waals surface area contributed by atoms with Gasteiger partial charge in [0.2, 0.25) is 11.8 Å². The summed E-state index contributed by atoms with van der Waals surface area (Å²) in [5, 5.41) is 5.47. The Morgan fingerprint density at radius 2 is 1.65 bits per heavy atom. The molecule has 4 nitrogen and oxygen atoms in total. The fourth-order valence-electron chi connectivity index (χ4n) is 1.64. The van der Waals surface area contributed by atoms with Crippen molar-refractivity contribution in [2.45, 2.75) is 52.9 Å². The average molecular weight is 242 g/mol. The third-order valence-corrected chi connectivity index (χ3v) is 2.88. The van der Waals surface area contributed by atoms with E-state index in [0.29, 0.717) is 6.54 Å². The van der Waals surface area contributed by atoms with Crippen molar-refractivity contribution in [3.8, 4) is 0 Å². The topological polar surface area (TPSA) is 58.2 Å². The largest absolute Gasteiger partial charge is 0.355 e. The molecular formula is C13H26N2O2. The van der Waals surface area contributed by atoms with Gasteiger partial charge in [0.15, 0.2) is 0 Å². The maximum absolute atomic E-state index is 11.6. The zero-order chi connectivity index (χ0) is 13.1. The van der Waals surface area contributed by atoms with Crippen LogP contribution in [0.5, 0.6) is 0 Å². The van der Waals surface area contributed by atoms with E-state index >= 15 is 0 Å². The van der Waals surface area contributed by atoms with E-state index < -0.39 is 0 Å². The van der Waals surface area contributed by atoms with Crippen molar-refractivity contribution >= 4 is 11.8 Å². The summed E-state index contributed by atoms with van der Waals surface area (Å²) in [6, 6.07) is 0. The van der Waals surface area contributed by atoms with Crippen LogP contribution in [0.15, 0.2) is 0 Å². The molecular weight excluding hydrogens is 216 g/mol. The van der Waals surface area contributed by atoms with Gasteiger partial charge in [0.25, 0.3) is 0 Å². The molecule has 0 rings (SSSR count). The van der Waals surface area contributed by atoms with Crippen LogP contribution in [-0.2, 0) is 9.59 Å². The summed E-state index contributed by atoms with van der Waals surface area (Å²) in [6.45, 7) is 6.89. The van der Waals surface area contributed by atoms with Gasteiger partial charge in [0, 0.05) is 12.5 Å². The number of nitrogens with one attached hydrogen (secondary N) is 2. The van der Waals surface area contributed by atoms with E-state index in [1.165, 1.54) is 0 Å². The van der Waals surface area contributed by atoms with Crippen LogP contribution in [0.4, 0.5) is 0 Å². The first-order valence-electron chi connectivity index (χ1n) is 6.70. The summed E-state index contributed by atoms with van der Waals surface area (Å²) in [5.41, 5.74) is 0. The predicted molar refractivity (Wildman–Crippen MR) is 69.6 cm³/mol. The smallest absolute Gasteiger partial charge is 0.239 e. The maximum Gasteiger partial charge on any atom is 0.239 e. The van der Waals surface area contributed by atoms with Crippen LogP contribution in [-0.4, -0.2) is 24.9 Å². The normalized spacial score (nSPS) is 10.4. The number of rotatable bonds is 9. The van der Waals surface area contributed by atoms with Crippen LogP contribution >= 0.6 is 0 Å². The molecule has 0 unspecified atom stereocenters. The Morgan fingerprint density at radius 3 is 2.18 bits per heavy atom. The molecule has 0 atom stereocenters. The first-order valence-corrected chi connectivity index (χ1v) is 6.70. The second kappa shape index (κ2) is 10.1. The average Bonchev–Trinajstić information content (AvgIpc) is 2.33. The Bertz CT molecular complexity index is 225. The Labute approximate surface area is 105 Å². The lowest BCUT2D eigenvalue weighted by atomic mass is 10.0. The molecule has 0 aromatic carbocycles. The van der Waals surface area contributed by atoms with E-state index in [4.69, 9.17) is 0 Å². The Kier molecular flexibility index (Phi) is 9.49. The highest BCUT2D eigenvalue weighted by Gasteiger charge is 2.14. The fraction of sp³-hybridized carbons (Fsp3) is 0.846. The van der Waals surface area contributed by atoms with Crippen LogP contribution in [0.3, 0.4) is 0 Å². The summed E-state index contributed by atoms with van der Waals surface area (Å²) in [7, 11) is 0. The van der Waals surface area contributed by atoms with Gasteiger partial charge in [0.1, 0.15) is 0 Å². The lowest BCUT2D eigenvalue weighted by Crippen LogP contribution is -2.39. The molecule has 0 aromatic heterocycles. The van der Waals surface area contributed by atoms with Crippen molar-refractivity contribution in [1.82, 2.24) is 10.6 Å². The quantitative estimate of drug-likeness (QED) is 0.606. The summed E-state index contributed by atoms with van der Waals surface area (Å²) in [6.07, 6.45) is 4.91. The van der Waals surface area contributed by atoms with Crippen molar-refractivity contribution in [2.75, 3.05) is 13.1 Å². The van der Waals surface area contributed by atoms with Crippen LogP contribution < -0.4 is 10.6 Å². The van der Waals surface area contributed by atoms with Gasteiger partial charge >= 0.3 is 0 Å². The third kappa shape index (κ3) is 7.77. The molecule has 0 aromatic rings. The minimum absolute atomic E-state index is 0.0151. The molecule has 2 N–H and O–H groups in total. The molecule has 0 saturated heterocycles. The molecule has 0 aliphatic heterocycles. The standard InChI is InChI=1S/C13H26N2O2/c1-4-7-8-9-14-12(16)10-15-13(17)11(5-2)6-3/h11H,4-10H2,1-3H3,(H,14,16)(H,15,17). The molecule has 0 bridgehead atoms. The van der Waals surface area contributed by atoms with E-state index in [1.54, 1.807) is 0 Å². The number of carbonyl (C=O) groups is 2. The zero-order valence-corrected chi connectivity index (χ0v) is 11.3. The first kappa shape index (κ1) is 15.9. The molecule has 0 fully saturated rings. The molecule has 4 heteroatoms. The molecule has 0 saturated carbocycles. The van der Waals surface area contributed by atoms with Gasteiger partial charge in [-0.15, -0.1) is 0 Å². The van der Waals surface area contributed by atoms with Crippen molar-refractivity contribution in [3.05, 3.63) is 0 Å². The SMILES string of the molecule is CCCCCNC(=O)CNC(=O)C(CC)CC. The van der Waals surface area contributed by atoms with Crippen LogP contribution in [0, 0.1) is 5.92 Å². The van der Waals surface area contributed by atoms with Crippen LogP contribution in [0.1, 0.15) is 52.9 Å². The minimum Gasteiger partial charge on any atom is -0.355 e. The highest BCUT2D eigenvalue weighted by Crippen LogP contribution is 2.06. The fourth-order valence-corrected chi connectivity index (χ4v) is 1.64. The van der Waals surface area contributed by atoms with E-state index in [9.17, 15) is 9.59 Å². The minimum atomic E-state index is -0.0968. The highest BCUT2D eigenvalue weighted by atomic mass is 16.2. The lowest BCUT2D eigenvalue weighted by molar-refractivity contribution is -0.128. The highest BCUT2D eigenvalue weighted by molar-refractivity contribution is 5.85. The molecule has 0 aliphatic carbocycles. The number of hydrogen-bond acceptors (Lipinski definition) is 2. The first-order chi connectivity index (χ1) is 8.15. The second-order valence-corrected chi connectivity index (χ2v) is 4.29. The molecule has 0 spiro atoms. The summed E-state index contributed by atoms with van der Waals surface area (Å²) >= 11 is 0. The predicted octanol–water partition coefficient (Wildman–Crippen LogP) is 1.85. The number of hydrogen-bond donors (Lipinski definition) is 2. The lowest BCUT2D eigenvalue weighted by Gasteiger charge is -2.12. The summed E-state index contributed by atoms with van der Waals surface area (Å²) in [5.74, 6) is -0.0815.